The van der Waals surface area contributed by atoms with Crippen LogP contribution in [0.1, 0.15) is 0 Å². The fourth-order valence-corrected chi connectivity index (χ4v) is 0.629. The van der Waals surface area contributed by atoms with E-state index in [-0.39, 0.29) is 0 Å². The van der Waals surface area contributed by atoms with Crippen LogP contribution in [0.15, 0.2) is 10.7 Å². The van der Waals surface area contributed by atoms with Gasteiger partial charge in [0.1, 0.15) is 12.4 Å². The topological polar surface area (TPSA) is 18.5 Å². The molecule has 0 amide bonds. The van der Waals surface area contributed by atoms with E-state index in [1.54, 1.807) is 4.99 Å². The van der Waals surface area contributed by atoms with Crippen LogP contribution in [0, 0.1) is 0 Å². The van der Waals surface area contributed by atoms with Crippen molar-refractivity contribution in [1.82, 2.24) is 0 Å². The molecule has 1 heterocycles. The number of halogens is 1. The molecule has 0 saturated carbocycles. The third-order valence-corrected chi connectivity index (χ3v) is 1.20. The average molecular weight is 165 g/mol. The van der Waals surface area contributed by atoms with Crippen molar-refractivity contribution in [3.05, 3.63) is 10.7 Å². The smallest absolute Gasteiger partial charge is 0.189 e. The van der Waals surface area contributed by atoms with E-state index < -0.39 is 0 Å². The fourth-order valence-electron chi connectivity index (χ4n) is 0.364. The van der Waals surface area contributed by atoms with Crippen molar-refractivity contribution in [3.8, 4) is 0 Å². The third-order valence-electron chi connectivity index (χ3n) is 0.694. The summed E-state index contributed by atoms with van der Waals surface area (Å²) >= 11 is 3.11. The summed E-state index contributed by atoms with van der Waals surface area (Å²) in [6.45, 7) is 1.00. The molecule has 1 fully saturated rings. The summed E-state index contributed by atoms with van der Waals surface area (Å²) in [5.74, 6) is 0.861. The SMILES string of the molecule is Br/C=C1\COCO1. The predicted octanol–water partition coefficient (Wildman–Crippen LogP) is 1.23. The van der Waals surface area contributed by atoms with Crippen LogP contribution in [0.5, 0.6) is 0 Å². The molecular weight excluding hydrogens is 160 g/mol. The van der Waals surface area contributed by atoms with Crippen molar-refractivity contribution >= 4 is 15.9 Å². The Morgan fingerprint density at radius 3 is 2.86 bits per heavy atom. The molecule has 1 saturated heterocycles. The summed E-state index contributed by atoms with van der Waals surface area (Å²) in [4.78, 5) is 1.72. The zero-order chi connectivity index (χ0) is 5.11. The van der Waals surface area contributed by atoms with Crippen molar-refractivity contribution < 1.29 is 9.47 Å². The maximum Gasteiger partial charge on any atom is 0.189 e. The first-order valence-corrected chi connectivity index (χ1v) is 2.85. The van der Waals surface area contributed by atoms with Gasteiger partial charge in [-0.2, -0.15) is 0 Å². The molecule has 3 heteroatoms. The first kappa shape index (κ1) is 5.12. The number of rotatable bonds is 0. The minimum atomic E-state index is 0.400. The van der Waals surface area contributed by atoms with Crippen molar-refractivity contribution in [2.75, 3.05) is 13.4 Å². The Morgan fingerprint density at radius 1 is 1.71 bits per heavy atom. The van der Waals surface area contributed by atoms with Crippen molar-refractivity contribution in [2.45, 2.75) is 0 Å². The van der Waals surface area contributed by atoms with E-state index >= 15 is 0 Å². The standard InChI is InChI=1S/C4H5BrO2/c5-1-4-2-6-3-7-4/h1H,2-3H2/b4-1+. The molecule has 0 atom stereocenters. The monoisotopic (exact) mass is 164 g/mol. The Hall–Kier alpha value is -0.0200. The Labute approximate surface area is 50.2 Å². The number of hydrogen-bond donors (Lipinski definition) is 0. The summed E-state index contributed by atoms with van der Waals surface area (Å²) < 4.78 is 9.72. The van der Waals surface area contributed by atoms with Gasteiger partial charge in [-0.25, -0.2) is 0 Å². The van der Waals surface area contributed by atoms with Crippen LogP contribution in [0.2, 0.25) is 0 Å². The molecule has 0 unspecified atom stereocenters. The van der Waals surface area contributed by atoms with Gasteiger partial charge in [-0.05, 0) is 0 Å². The van der Waals surface area contributed by atoms with Gasteiger partial charge in [-0.1, -0.05) is 15.9 Å². The molecule has 1 aliphatic heterocycles. The zero-order valence-electron chi connectivity index (χ0n) is 3.69. The second-order valence-electron chi connectivity index (χ2n) is 1.19. The molecule has 0 aromatic carbocycles. The molecule has 0 aromatic rings. The maximum atomic E-state index is 4.89. The minimum Gasteiger partial charge on any atom is -0.469 e. The highest BCUT2D eigenvalue weighted by atomic mass is 79.9. The number of hydrogen-bond acceptors (Lipinski definition) is 2. The van der Waals surface area contributed by atoms with Gasteiger partial charge in [0.2, 0.25) is 0 Å². The highest BCUT2D eigenvalue weighted by molar-refractivity contribution is 9.11. The first-order valence-electron chi connectivity index (χ1n) is 1.93. The lowest BCUT2D eigenvalue weighted by atomic mass is 10.6. The summed E-state index contributed by atoms with van der Waals surface area (Å²) in [5.41, 5.74) is 0. The summed E-state index contributed by atoms with van der Waals surface area (Å²) in [6, 6.07) is 0. The second kappa shape index (κ2) is 2.33. The first-order chi connectivity index (χ1) is 3.43. The van der Waals surface area contributed by atoms with Gasteiger partial charge in [0.25, 0.3) is 0 Å². The van der Waals surface area contributed by atoms with Crippen LogP contribution in [0.25, 0.3) is 0 Å². The van der Waals surface area contributed by atoms with Gasteiger partial charge in [0, 0.05) is 4.99 Å². The highest BCUT2D eigenvalue weighted by Gasteiger charge is 2.04. The molecule has 1 aliphatic rings. The molecule has 0 aliphatic carbocycles. The van der Waals surface area contributed by atoms with Crippen LogP contribution in [-0.4, -0.2) is 13.4 Å². The van der Waals surface area contributed by atoms with Gasteiger partial charge in [0.15, 0.2) is 6.79 Å². The van der Waals surface area contributed by atoms with E-state index in [9.17, 15) is 0 Å². The quantitative estimate of drug-likeness (QED) is 0.537. The summed E-state index contributed by atoms with van der Waals surface area (Å²) in [5, 5.41) is 0. The molecular formula is C4H5BrO2. The van der Waals surface area contributed by atoms with E-state index in [4.69, 9.17) is 9.47 Å². The van der Waals surface area contributed by atoms with Gasteiger partial charge in [-0.3, -0.25) is 0 Å². The third kappa shape index (κ3) is 1.17. The van der Waals surface area contributed by atoms with E-state index in [0.29, 0.717) is 13.4 Å². The molecule has 0 spiro atoms. The lowest BCUT2D eigenvalue weighted by Crippen LogP contribution is -1.77. The maximum absolute atomic E-state index is 4.89. The van der Waals surface area contributed by atoms with Gasteiger partial charge < -0.3 is 9.47 Å². The van der Waals surface area contributed by atoms with Crippen molar-refractivity contribution in [2.24, 2.45) is 0 Å². The Morgan fingerprint density at radius 2 is 2.57 bits per heavy atom. The molecule has 0 bridgehead atoms. The van der Waals surface area contributed by atoms with Crippen molar-refractivity contribution in [3.63, 3.8) is 0 Å². The molecule has 0 N–H and O–H groups in total. The second-order valence-corrected chi connectivity index (χ2v) is 1.64. The normalized spacial score (nSPS) is 25.6. The highest BCUT2D eigenvalue weighted by Crippen LogP contribution is 2.07. The van der Waals surface area contributed by atoms with Gasteiger partial charge >= 0.3 is 0 Å². The summed E-state index contributed by atoms with van der Waals surface area (Å²) in [6.07, 6.45) is 0. The minimum absolute atomic E-state index is 0.400. The largest absolute Gasteiger partial charge is 0.469 e. The number of ether oxygens (including phenoxy) is 2. The molecule has 1 rings (SSSR count). The average Bonchev–Trinajstić information content (AvgIpc) is 2.14. The van der Waals surface area contributed by atoms with Gasteiger partial charge in [0.05, 0.1) is 0 Å². The fraction of sp³-hybridized carbons (Fsp3) is 0.500. The van der Waals surface area contributed by atoms with E-state index in [0.717, 1.165) is 5.76 Å². The predicted molar refractivity (Wildman–Crippen MR) is 28.9 cm³/mol. The van der Waals surface area contributed by atoms with Crippen LogP contribution >= 0.6 is 15.9 Å². The van der Waals surface area contributed by atoms with E-state index in [1.165, 1.54) is 0 Å². The van der Waals surface area contributed by atoms with Crippen molar-refractivity contribution in [1.29, 1.82) is 0 Å². The lowest BCUT2D eigenvalue weighted by molar-refractivity contribution is 0.0801. The van der Waals surface area contributed by atoms with E-state index in [2.05, 4.69) is 15.9 Å². The van der Waals surface area contributed by atoms with Crippen LogP contribution < -0.4 is 0 Å². The zero-order valence-corrected chi connectivity index (χ0v) is 5.27. The van der Waals surface area contributed by atoms with Crippen LogP contribution in [0.4, 0.5) is 0 Å². The van der Waals surface area contributed by atoms with Crippen LogP contribution in [0.3, 0.4) is 0 Å². The van der Waals surface area contributed by atoms with Crippen LogP contribution in [-0.2, 0) is 9.47 Å². The van der Waals surface area contributed by atoms with E-state index in [1.807, 2.05) is 0 Å². The van der Waals surface area contributed by atoms with Gasteiger partial charge in [-0.15, -0.1) is 0 Å². The Balaban J connectivity index is 2.41. The summed E-state index contributed by atoms with van der Waals surface area (Å²) in [7, 11) is 0. The Bertz CT molecular complexity index is 81.7. The molecule has 2 nitrogen and oxygen atoms in total. The lowest BCUT2D eigenvalue weighted by Gasteiger charge is -1.86. The molecule has 7 heavy (non-hydrogen) atoms. The molecule has 0 radical (unpaired) electrons. The Kier molecular flexibility index (Phi) is 1.70. The molecule has 40 valence electrons. The molecule has 0 aromatic heterocycles.